The van der Waals surface area contributed by atoms with Crippen molar-refractivity contribution >= 4 is 33.5 Å². The Morgan fingerprint density at radius 3 is 2.46 bits per heavy atom. The Balaban J connectivity index is 1.17. The van der Waals surface area contributed by atoms with Crippen LogP contribution >= 0.6 is 15.9 Å². The lowest BCUT2D eigenvalue weighted by Crippen LogP contribution is -2.29. The lowest BCUT2D eigenvalue weighted by Gasteiger charge is -2.37. The van der Waals surface area contributed by atoms with Crippen molar-refractivity contribution in [2.24, 2.45) is 10.9 Å². The molecule has 1 heterocycles. The number of methoxy groups -OCH3 is 1. The summed E-state index contributed by atoms with van der Waals surface area (Å²) in [4.78, 5) is 4.76. The van der Waals surface area contributed by atoms with Crippen molar-refractivity contribution < 1.29 is 9.47 Å². The number of nitrogens with one attached hydrogen (secondary N) is 1. The number of benzene rings is 4. The molecule has 2 aliphatic rings. The SMILES string of the molecule is COc1cc(C=Nc2ccc([C@@H]3Nc4ccc(C)cc4[C@@H]4C=CC[C@H]43)cc2)cc(Br)c1OCc1cc(C)cc(C)c1. The highest BCUT2D eigenvalue weighted by Gasteiger charge is 2.37. The van der Waals surface area contributed by atoms with E-state index < -0.39 is 0 Å². The molecule has 0 saturated carbocycles. The molecular formula is C36H35BrN2O2. The number of rotatable bonds is 7. The minimum absolute atomic E-state index is 0.278. The van der Waals surface area contributed by atoms with E-state index in [9.17, 15) is 0 Å². The third kappa shape index (κ3) is 5.82. The van der Waals surface area contributed by atoms with Gasteiger partial charge in [0.2, 0.25) is 0 Å². The van der Waals surface area contributed by atoms with E-state index in [-0.39, 0.29) is 6.04 Å². The van der Waals surface area contributed by atoms with Gasteiger partial charge in [0.1, 0.15) is 6.61 Å². The summed E-state index contributed by atoms with van der Waals surface area (Å²) in [7, 11) is 1.66. The van der Waals surface area contributed by atoms with Gasteiger partial charge < -0.3 is 14.8 Å². The van der Waals surface area contributed by atoms with Crippen LogP contribution in [0.5, 0.6) is 11.5 Å². The van der Waals surface area contributed by atoms with E-state index in [0.717, 1.165) is 27.7 Å². The quantitative estimate of drug-likeness (QED) is 0.168. The van der Waals surface area contributed by atoms with E-state index in [0.29, 0.717) is 29.9 Å². The fraction of sp³-hybridized carbons (Fsp3) is 0.250. The summed E-state index contributed by atoms with van der Waals surface area (Å²) in [6.07, 6.45) is 7.69. The highest BCUT2D eigenvalue weighted by molar-refractivity contribution is 9.10. The van der Waals surface area contributed by atoms with Crippen LogP contribution in [-0.4, -0.2) is 13.3 Å². The van der Waals surface area contributed by atoms with Crippen molar-refractivity contribution in [3.8, 4) is 11.5 Å². The van der Waals surface area contributed by atoms with Gasteiger partial charge in [-0.05, 0) is 102 Å². The molecule has 5 heteroatoms. The molecule has 0 amide bonds. The fourth-order valence-corrected chi connectivity index (χ4v) is 6.80. The molecule has 0 saturated heterocycles. The van der Waals surface area contributed by atoms with Gasteiger partial charge in [-0.3, -0.25) is 4.99 Å². The van der Waals surface area contributed by atoms with Gasteiger partial charge in [0.05, 0.1) is 23.3 Å². The van der Waals surface area contributed by atoms with E-state index >= 15 is 0 Å². The zero-order chi connectivity index (χ0) is 28.5. The number of ether oxygens (including phenoxy) is 2. The number of hydrogen-bond acceptors (Lipinski definition) is 4. The lowest BCUT2D eigenvalue weighted by molar-refractivity contribution is 0.282. The Bertz CT molecular complexity index is 1620. The number of aliphatic imine (C=N–C) groups is 1. The molecule has 1 aliphatic carbocycles. The van der Waals surface area contributed by atoms with Crippen LogP contribution in [0, 0.1) is 26.7 Å². The molecule has 1 aliphatic heterocycles. The predicted octanol–water partition coefficient (Wildman–Crippen LogP) is 9.54. The molecule has 0 aromatic heterocycles. The summed E-state index contributed by atoms with van der Waals surface area (Å²) in [5.41, 5.74) is 10.7. The van der Waals surface area contributed by atoms with Crippen molar-refractivity contribution in [3.05, 3.63) is 128 Å². The van der Waals surface area contributed by atoms with Crippen molar-refractivity contribution in [2.75, 3.05) is 12.4 Å². The maximum absolute atomic E-state index is 6.17. The minimum atomic E-state index is 0.278. The second-order valence-corrected chi connectivity index (χ2v) is 12.1. The normalized spacial score (nSPS) is 19.1. The summed E-state index contributed by atoms with van der Waals surface area (Å²) in [5.74, 6) is 2.35. The molecule has 0 radical (unpaired) electrons. The number of fused-ring (bicyclic) bond motifs is 3. The Morgan fingerprint density at radius 2 is 1.71 bits per heavy atom. The zero-order valence-corrected chi connectivity index (χ0v) is 25.5. The molecular weight excluding hydrogens is 572 g/mol. The second kappa shape index (κ2) is 11.6. The third-order valence-electron chi connectivity index (χ3n) is 8.05. The van der Waals surface area contributed by atoms with E-state index in [1.54, 1.807) is 7.11 Å². The van der Waals surface area contributed by atoms with E-state index in [1.807, 2.05) is 18.3 Å². The molecule has 1 N–H and O–H groups in total. The van der Waals surface area contributed by atoms with Gasteiger partial charge in [-0.15, -0.1) is 0 Å². The highest BCUT2D eigenvalue weighted by Crippen LogP contribution is 2.50. The monoisotopic (exact) mass is 606 g/mol. The van der Waals surface area contributed by atoms with E-state index in [4.69, 9.17) is 14.5 Å². The molecule has 4 aromatic carbocycles. The number of allylic oxidation sites excluding steroid dienone is 2. The van der Waals surface area contributed by atoms with Crippen LogP contribution in [0.3, 0.4) is 0 Å². The highest BCUT2D eigenvalue weighted by atomic mass is 79.9. The average molecular weight is 608 g/mol. The number of anilines is 1. The number of halogens is 1. The second-order valence-electron chi connectivity index (χ2n) is 11.2. The molecule has 0 fully saturated rings. The minimum Gasteiger partial charge on any atom is -0.493 e. The molecule has 0 bridgehead atoms. The van der Waals surface area contributed by atoms with Crippen molar-refractivity contribution in [1.29, 1.82) is 0 Å². The molecule has 0 spiro atoms. The first-order valence-corrected chi connectivity index (χ1v) is 14.9. The van der Waals surface area contributed by atoms with Crippen LogP contribution in [0.2, 0.25) is 0 Å². The maximum atomic E-state index is 6.17. The van der Waals surface area contributed by atoms with Gasteiger partial charge in [0.15, 0.2) is 11.5 Å². The topological polar surface area (TPSA) is 42.8 Å². The summed E-state index contributed by atoms with van der Waals surface area (Å²) in [6.45, 7) is 6.84. The summed E-state index contributed by atoms with van der Waals surface area (Å²) in [6, 6.07) is 26.1. The van der Waals surface area contributed by atoms with Crippen LogP contribution in [0.15, 0.2) is 94.4 Å². The largest absolute Gasteiger partial charge is 0.493 e. The van der Waals surface area contributed by atoms with Gasteiger partial charge in [-0.25, -0.2) is 0 Å². The van der Waals surface area contributed by atoms with Gasteiger partial charge in [0.25, 0.3) is 0 Å². The summed E-state index contributed by atoms with van der Waals surface area (Å²) >= 11 is 3.68. The molecule has 4 nitrogen and oxygen atoms in total. The van der Waals surface area contributed by atoms with E-state index in [2.05, 4.69) is 115 Å². The lowest BCUT2D eigenvalue weighted by atomic mass is 9.76. The number of aryl methyl sites for hydroxylation is 3. The molecule has 41 heavy (non-hydrogen) atoms. The molecule has 0 unspecified atom stereocenters. The number of hydrogen-bond donors (Lipinski definition) is 1. The standard InChI is InChI=1S/C36H35BrN2O2/c1-22-8-13-33-31(17-22)29-6-5-7-30(29)35(39-33)27-9-11-28(12-10-27)38-20-25-18-32(37)36(34(19-25)40-4)41-21-26-15-23(2)14-24(3)16-26/h5-6,8-20,29-30,35,39H,7,21H2,1-4H3/t29-,30-,35+/m1/s1. The van der Waals surface area contributed by atoms with Crippen LogP contribution in [0.4, 0.5) is 11.4 Å². The van der Waals surface area contributed by atoms with Gasteiger partial charge in [0, 0.05) is 17.8 Å². The Labute approximate surface area is 251 Å². The van der Waals surface area contributed by atoms with Gasteiger partial charge in [-0.2, -0.15) is 0 Å². The van der Waals surface area contributed by atoms with Crippen molar-refractivity contribution in [3.63, 3.8) is 0 Å². The first-order valence-electron chi connectivity index (χ1n) is 14.1. The summed E-state index contributed by atoms with van der Waals surface area (Å²) < 4.78 is 12.7. The fourth-order valence-electron chi connectivity index (χ4n) is 6.22. The zero-order valence-electron chi connectivity index (χ0n) is 23.9. The molecule has 6 rings (SSSR count). The molecule has 3 atom stereocenters. The first kappa shape index (κ1) is 27.3. The smallest absolute Gasteiger partial charge is 0.175 e. The summed E-state index contributed by atoms with van der Waals surface area (Å²) in [5, 5.41) is 3.83. The Kier molecular flexibility index (Phi) is 7.72. The van der Waals surface area contributed by atoms with E-state index in [1.165, 1.54) is 33.5 Å². The maximum Gasteiger partial charge on any atom is 0.175 e. The van der Waals surface area contributed by atoms with Crippen LogP contribution < -0.4 is 14.8 Å². The number of nitrogens with zero attached hydrogens (tertiary/aromatic N) is 1. The van der Waals surface area contributed by atoms with Crippen LogP contribution in [0.25, 0.3) is 0 Å². The van der Waals surface area contributed by atoms with Crippen molar-refractivity contribution in [2.45, 2.75) is 45.8 Å². The van der Waals surface area contributed by atoms with Gasteiger partial charge in [-0.1, -0.05) is 71.3 Å². The van der Waals surface area contributed by atoms with Crippen LogP contribution in [-0.2, 0) is 6.61 Å². The predicted molar refractivity (Wildman–Crippen MR) is 172 cm³/mol. The molecule has 208 valence electrons. The van der Waals surface area contributed by atoms with Crippen molar-refractivity contribution in [1.82, 2.24) is 0 Å². The molecule has 4 aromatic rings. The Hall–Kier alpha value is -3.83. The van der Waals surface area contributed by atoms with Gasteiger partial charge >= 0.3 is 0 Å². The van der Waals surface area contributed by atoms with Crippen LogP contribution in [0.1, 0.15) is 57.3 Å². The Morgan fingerprint density at radius 1 is 0.927 bits per heavy atom. The third-order valence-corrected chi connectivity index (χ3v) is 8.64. The average Bonchev–Trinajstić information content (AvgIpc) is 3.45. The first-order chi connectivity index (χ1) is 19.9.